The number of carbonyl (C=O) groups is 1. The molecule has 1 aromatic rings. The second-order valence-corrected chi connectivity index (χ2v) is 5.03. The predicted octanol–water partition coefficient (Wildman–Crippen LogP) is 2.03. The van der Waals surface area contributed by atoms with Gasteiger partial charge in [0.15, 0.2) is 0 Å². The van der Waals surface area contributed by atoms with Gasteiger partial charge in [0, 0.05) is 36.8 Å². The zero-order valence-corrected chi connectivity index (χ0v) is 11.1. The zero-order valence-electron chi connectivity index (χ0n) is 10.4. The van der Waals surface area contributed by atoms with Crippen LogP contribution < -0.4 is 5.73 Å². The summed E-state index contributed by atoms with van der Waals surface area (Å²) in [5, 5.41) is 0.528. The second-order valence-electron chi connectivity index (χ2n) is 4.59. The Morgan fingerprint density at radius 2 is 2.39 bits per heavy atom. The van der Waals surface area contributed by atoms with Crippen LogP contribution in [-0.2, 0) is 4.74 Å². The topological polar surface area (TPSA) is 55.6 Å². The van der Waals surface area contributed by atoms with Crippen LogP contribution in [0.25, 0.3) is 0 Å². The molecule has 18 heavy (non-hydrogen) atoms. The molecule has 1 aliphatic heterocycles. The molecule has 0 bridgehead atoms. The van der Waals surface area contributed by atoms with Gasteiger partial charge in [0.25, 0.3) is 5.91 Å². The van der Waals surface area contributed by atoms with Crippen molar-refractivity contribution in [2.45, 2.75) is 6.42 Å². The van der Waals surface area contributed by atoms with E-state index in [-0.39, 0.29) is 5.91 Å². The molecule has 2 N–H and O–H groups in total. The number of benzene rings is 1. The van der Waals surface area contributed by atoms with Crippen LogP contribution in [0.3, 0.4) is 0 Å². The maximum absolute atomic E-state index is 12.3. The van der Waals surface area contributed by atoms with Gasteiger partial charge in [-0.25, -0.2) is 0 Å². The van der Waals surface area contributed by atoms with Crippen LogP contribution in [0.5, 0.6) is 0 Å². The SMILES string of the molecule is COCC1CCN(C(=O)c2cc(Cl)ccc2N)C1. The number of anilines is 1. The molecule has 1 unspecified atom stereocenters. The highest BCUT2D eigenvalue weighted by molar-refractivity contribution is 6.31. The summed E-state index contributed by atoms with van der Waals surface area (Å²) >= 11 is 5.90. The molecule has 0 saturated carbocycles. The summed E-state index contributed by atoms with van der Waals surface area (Å²) in [6.45, 7) is 2.16. The normalized spacial score (nSPS) is 19.2. The minimum Gasteiger partial charge on any atom is -0.398 e. The lowest BCUT2D eigenvalue weighted by molar-refractivity contribution is 0.0776. The first-order valence-corrected chi connectivity index (χ1v) is 6.33. The molecule has 5 heteroatoms. The van der Waals surface area contributed by atoms with Crippen LogP contribution in [0.1, 0.15) is 16.8 Å². The molecular weight excluding hydrogens is 252 g/mol. The number of rotatable bonds is 3. The molecule has 1 saturated heterocycles. The number of amides is 1. The van der Waals surface area contributed by atoms with Crippen molar-refractivity contribution >= 4 is 23.2 Å². The number of carbonyl (C=O) groups excluding carboxylic acids is 1. The minimum atomic E-state index is -0.0476. The monoisotopic (exact) mass is 268 g/mol. The Kier molecular flexibility index (Phi) is 4.09. The van der Waals surface area contributed by atoms with Crippen molar-refractivity contribution in [1.82, 2.24) is 4.90 Å². The number of nitrogens with zero attached hydrogens (tertiary/aromatic N) is 1. The second kappa shape index (κ2) is 5.59. The molecule has 0 aromatic heterocycles. The average molecular weight is 269 g/mol. The first-order chi connectivity index (χ1) is 8.61. The van der Waals surface area contributed by atoms with E-state index in [4.69, 9.17) is 22.1 Å². The quantitative estimate of drug-likeness (QED) is 0.854. The van der Waals surface area contributed by atoms with Crippen LogP contribution in [-0.4, -0.2) is 37.6 Å². The largest absolute Gasteiger partial charge is 0.398 e. The number of hydrogen-bond donors (Lipinski definition) is 1. The van der Waals surface area contributed by atoms with Crippen LogP contribution >= 0.6 is 11.6 Å². The average Bonchev–Trinajstić information content (AvgIpc) is 2.80. The summed E-state index contributed by atoms with van der Waals surface area (Å²) in [6, 6.07) is 4.98. The third-order valence-corrected chi connectivity index (χ3v) is 3.46. The molecule has 1 atom stereocenters. The third-order valence-electron chi connectivity index (χ3n) is 3.22. The van der Waals surface area contributed by atoms with Gasteiger partial charge in [-0.2, -0.15) is 0 Å². The maximum Gasteiger partial charge on any atom is 0.256 e. The zero-order chi connectivity index (χ0) is 13.1. The summed E-state index contributed by atoms with van der Waals surface area (Å²) < 4.78 is 5.12. The highest BCUT2D eigenvalue weighted by Crippen LogP contribution is 2.23. The molecule has 1 aromatic carbocycles. The van der Waals surface area contributed by atoms with E-state index in [2.05, 4.69) is 0 Å². The fraction of sp³-hybridized carbons (Fsp3) is 0.462. The van der Waals surface area contributed by atoms with E-state index >= 15 is 0 Å². The number of likely N-dealkylation sites (tertiary alicyclic amines) is 1. The lowest BCUT2D eigenvalue weighted by Crippen LogP contribution is -2.29. The van der Waals surface area contributed by atoms with Crippen LogP contribution in [0.15, 0.2) is 18.2 Å². The van der Waals surface area contributed by atoms with Gasteiger partial charge >= 0.3 is 0 Å². The van der Waals surface area contributed by atoms with Gasteiger partial charge in [0.05, 0.1) is 12.2 Å². The molecular formula is C13H17ClN2O2. The predicted molar refractivity (Wildman–Crippen MR) is 71.8 cm³/mol. The number of nitrogen functional groups attached to an aromatic ring is 1. The maximum atomic E-state index is 12.3. The van der Waals surface area contributed by atoms with Gasteiger partial charge in [-0.1, -0.05) is 11.6 Å². The van der Waals surface area contributed by atoms with Gasteiger partial charge < -0.3 is 15.4 Å². The number of hydrogen-bond acceptors (Lipinski definition) is 3. The fourth-order valence-electron chi connectivity index (χ4n) is 2.27. The van der Waals surface area contributed by atoms with E-state index in [1.165, 1.54) is 0 Å². The van der Waals surface area contributed by atoms with Gasteiger partial charge in [0.1, 0.15) is 0 Å². The Hall–Kier alpha value is -1.26. The third kappa shape index (κ3) is 2.76. The molecule has 0 spiro atoms. The van der Waals surface area contributed by atoms with E-state index < -0.39 is 0 Å². The van der Waals surface area contributed by atoms with Crippen molar-refractivity contribution in [2.75, 3.05) is 32.5 Å². The first kappa shape index (κ1) is 13.2. The summed E-state index contributed by atoms with van der Waals surface area (Å²) in [6.07, 6.45) is 0.972. The summed E-state index contributed by atoms with van der Waals surface area (Å²) in [5.41, 5.74) is 6.78. The molecule has 0 aliphatic carbocycles. The Labute approximate surface area is 112 Å². The van der Waals surface area contributed by atoms with E-state index in [9.17, 15) is 4.79 Å². The number of nitrogens with two attached hydrogens (primary N) is 1. The standard InChI is InChI=1S/C13H17ClN2O2/c1-18-8-9-4-5-16(7-9)13(17)11-6-10(14)2-3-12(11)15/h2-3,6,9H,4-5,7-8,15H2,1H3. The van der Waals surface area contributed by atoms with Crippen LogP contribution in [0.2, 0.25) is 5.02 Å². The molecule has 1 heterocycles. The fourth-order valence-corrected chi connectivity index (χ4v) is 2.45. The smallest absolute Gasteiger partial charge is 0.256 e. The van der Waals surface area contributed by atoms with Gasteiger partial charge in [-0.3, -0.25) is 4.79 Å². The van der Waals surface area contributed by atoms with Gasteiger partial charge in [-0.05, 0) is 24.6 Å². The lowest BCUT2D eigenvalue weighted by atomic mass is 10.1. The molecule has 4 nitrogen and oxygen atoms in total. The van der Waals surface area contributed by atoms with Gasteiger partial charge in [-0.15, -0.1) is 0 Å². The highest BCUT2D eigenvalue weighted by Gasteiger charge is 2.27. The Morgan fingerprint density at radius 1 is 1.61 bits per heavy atom. The Balaban J connectivity index is 2.10. The van der Waals surface area contributed by atoms with Crippen molar-refractivity contribution in [3.63, 3.8) is 0 Å². The van der Waals surface area contributed by atoms with Crippen LogP contribution in [0, 0.1) is 5.92 Å². The van der Waals surface area contributed by atoms with Crippen molar-refractivity contribution in [2.24, 2.45) is 5.92 Å². The first-order valence-electron chi connectivity index (χ1n) is 5.95. The molecule has 2 rings (SSSR count). The van der Waals surface area contributed by atoms with E-state index in [0.717, 1.165) is 19.5 Å². The summed E-state index contributed by atoms with van der Waals surface area (Å²) in [7, 11) is 1.68. The van der Waals surface area contributed by atoms with Crippen molar-refractivity contribution in [3.05, 3.63) is 28.8 Å². The van der Waals surface area contributed by atoms with E-state index in [1.807, 2.05) is 4.90 Å². The van der Waals surface area contributed by atoms with Gasteiger partial charge in [0.2, 0.25) is 0 Å². The van der Waals surface area contributed by atoms with Crippen molar-refractivity contribution in [1.29, 1.82) is 0 Å². The lowest BCUT2D eigenvalue weighted by Gasteiger charge is -2.17. The highest BCUT2D eigenvalue weighted by atomic mass is 35.5. The number of ether oxygens (including phenoxy) is 1. The minimum absolute atomic E-state index is 0.0476. The Morgan fingerprint density at radius 3 is 3.11 bits per heavy atom. The van der Waals surface area contributed by atoms with Crippen molar-refractivity contribution in [3.8, 4) is 0 Å². The molecule has 1 aliphatic rings. The summed E-state index contributed by atoms with van der Waals surface area (Å²) in [4.78, 5) is 14.1. The summed E-state index contributed by atoms with van der Waals surface area (Å²) in [5.74, 6) is 0.368. The molecule has 1 fully saturated rings. The van der Waals surface area contributed by atoms with Crippen LogP contribution in [0.4, 0.5) is 5.69 Å². The van der Waals surface area contributed by atoms with E-state index in [0.29, 0.717) is 28.8 Å². The molecule has 0 radical (unpaired) electrons. The van der Waals surface area contributed by atoms with E-state index in [1.54, 1.807) is 25.3 Å². The molecule has 1 amide bonds. The Bertz CT molecular complexity index is 451. The number of halogens is 1. The molecule has 98 valence electrons. The number of methoxy groups -OCH3 is 1. The van der Waals surface area contributed by atoms with Crippen molar-refractivity contribution < 1.29 is 9.53 Å².